The fourth-order valence-corrected chi connectivity index (χ4v) is 5.07. The van der Waals surface area contributed by atoms with Crippen molar-refractivity contribution in [1.82, 2.24) is 15.2 Å². The van der Waals surface area contributed by atoms with E-state index in [0.717, 1.165) is 22.9 Å². The van der Waals surface area contributed by atoms with Gasteiger partial charge >= 0.3 is 0 Å². The van der Waals surface area contributed by atoms with E-state index in [1.807, 2.05) is 59.6 Å². The van der Waals surface area contributed by atoms with Gasteiger partial charge in [0, 0.05) is 48.7 Å². The van der Waals surface area contributed by atoms with Crippen LogP contribution in [-0.4, -0.2) is 53.2 Å². The van der Waals surface area contributed by atoms with E-state index in [0.29, 0.717) is 37.6 Å². The summed E-state index contributed by atoms with van der Waals surface area (Å²) >= 11 is 6.01. The fraction of sp³-hybridized carbons (Fsp3) is 0.360. The summed E-state index contributed by atoms with van der Waals surface area (Å²) in [6.45, 7) is 2.31. The molecule has 2 aromatic carbocycles. The highest BCUT2D eigenvalue weighted by Gasteiger charge is 2.48. The van der Waals surface area contributed by atoms with Gasteiger partial charge in [0.15, 0.2) is 0 Å². The van der Waals surface area contributed by atoms with Crippen molar-refractivity contribution in [1.29, 1.82) is 0 Å². The van der Waals surface area contributed by atoms with Crippen molar-refractivity contribution in [2.75, 3.05) is 26.2 Å². The van der Waals surface area contributed by atoms with Crippen molar-refractivity contribution in [3.8, 4) is 0 Å². The largest absolute Gasteiger partial charge is 0.391 e. The Labute approximate surface area is 187 Å². The number of fused-ring (bicyclic) bond motifs is 1. The summed E-state index contributed by atoms with van der Waals surface area (Å²) in [5.41, 5.74) is 2.80. The van der Waals surface area contributed by atoms with Gasteiger partial charge in [-0.3, -0.25) is 9.78 Å². The van der Waals surface area contributed by atoms with E-state index in [2.05, 4.69) is 16.4 Å². The maximum absolute atomic E-state index is 13.5. The molecule has 160 valence electrons. The Kier molecular flexibility index (Phi) is 5.42. The van der Waals surface area contributed by atoms with Gasteiger partial charge in [-0.1, -0.05) is 41.9 Å². The molecule has 2 aliphatic rings. The first-order chi connectivity index (χ1) is 15.0. The molecular formula is C25H26ClN3O2. The molecule has 3 aromatic rings. The van der Waals surface area contributed by atoms with Crippen molar-refractivity contribution >= 4 is 28.4 Å². The second kappa shape index (κ2) is 8.23. The standard InChI is InChI=1S/C25H26ClN3O2/c26-20-7-5-17(6-8-20)12-25(15-27-16-25)24(31)29-13-19(23(30)14-29)11-18-9-10-28-22-4-2-1-3-21(18)22/h1-10,19,23,27,30H,11-16H2/t19-,23-/m1/s1. The van der Waals surface area contributed by atoms with E-state index in [1.54, 1.807) is 0 Å². The monoisotopic (exact) mass is 435 g/mol. The van der Waals surface area contributed by atoms with Gasteiger partial charge in [0.1, 0.15) is 0 Å². The maximum atomic E-state index is 13.5. The van der Waals surface area contributed by atoms with Gasteiger partial charge in [0.2, 0.25) is 5.91 Å². The van der Waals surface area contributed by atoms with Crippen molar-refractivity contribution in [3.05, 3.63) is 76.9 Å². The number of aliphatic hydroxyl groups is 1. The van der Waals surface area contributed by atoms with Crippen molar-refractivity contribution in [3.63, 3.8) is 0 Å². The Morgan fingerprint density at radius 3 is 2.65 bits per heavy atom. The number of nitrogens with one attached hydrogen (secondary N) is 1. The molecule has 5 rings (SSSR count). The highest BCUT2D eigenvalue weighted by molar-refractivity contribution is 6.30. The quantitative estimate of drug-likeness (QED) is 0.646. The number of rotatable bonds is 5. The third-order valence-corrected chi connectivity index (χ3v) is 7.00. The molecular weight excluding hydrogens is 410 g/mol. The second-order valence-electron chi connectivity index (χ2n) is 8.92. The molecule has 2 atom stereocenters. The molecule has 3 heterocycles. The number of carbonyl (C=O) groups is 1. The summed E-state index contributed by atoms with van der Waals surface area (Å²) < 4.78 is 0. The molecule has 6 heteroatoms. The number of aromatic nitrogens is 1. The first-order valence-corrected chi connectivity index (χ1v) is 11.2. The Hall–Kier alpha value is -2.47. The molecule has 2 fully saturated rings. The lowest BCUT2D eigenvalue weighted by atomic mass is 9.75. The van der Waals surface area contributed by atoms with Crippen LogP contribution in [0.4, 0.5) is 0 Å². The first-order valence-electron chi connectivity index (χ1n) is 10.8. The minimum Gasteiger partial charge on any atom is -0.391 e. The van der Waals surface area contributed by atoms with E-state index >= 15 is 0 Å². The predicted octanol–water partition coefficient (Wildman–Crippen LogP) is 3.08. The molecule has 5 nitrogen and oxygen atoms in total. The number of benzene rings is 2. The summed E-state index contributed by atoms with van der Waals surface area (Å²) in [6, 6.07) is 17.8. The number of amides is 1. The number of carbonyl (C=O) groups excluding carboxylic acids is 1. The number of aliphatic hydroxyl groups excluding tert-OH is 1. The topological polar surface area (TPSA) is 65.5 Å². The van der Waals surface area contributed by atoms with Crippen LogP contribution in [0.1, 0.15) is 11.1 Å². The zero-order valence-corrected chi connectivity index (χ0v) is 18.1. The number of nitrogens with zero attached hydrogens (tertiary/aromatic N) is 2. The van der Waals surface area contributed by atoms with Crippen LogP contribution in [0.15, 0.2) is 60.8 Å². The molecule has 2 saturated heterocycles. The lowest BCUT2D eigenvalue weighted by molar-refractivity contribution is -0.144. The van der Waals surface area contributed by atoms with E-state index in [-0.39, 0.29) is 11.8 Å². The van der Waals surface area contributed by atoms with Crippen LogP contribution in [-0.2, 0) is 17.6 Å². The molecule has 0 saturated carbocycles. The van der Waals surface area contributed by atoms with Crippen LogP contribution in [0.25, 0.3) is 10.9 Å². The number of pyridine rings is 1. The number of halogens is 1. The third kappa shape index (κ3) is 3.93. The lowest BCUT2D eigenvalue weighted by Gasteiger charge is -2.43. The molecule has 2 aliphatic heterocycles. The maximum Gasteiger partial charge on any atom is 0.231 e. The van der Waals surface area contributed by atoms with Crippen LogP contribution >= 0.6 is 11.6 Å². The molecule has 31 heavy (non-hydrogen) atoms. The Morgan fingerprint density at radius 2 is 1.90 bits per heavy atom. The Bertz CT molecular complexity index is 1090. The minimum atomic E-state index is -0.517. The molecule has 0 unspecified atom stereocenters. The zero-order valence-electron chi connectivity index (χ0n) is 17.3. The molecule has 1 amide bonds. The molecule has 0 spiro atoms. The summed E-state index contributed by atoms with van der Waals surface area (Å²) in [5.74, 6) is 0.165. The van der Waals surface area contributed by atoms with Crippen molar-refractivity contribution in [2.45, 2.75) is 18.9 Å². The molecule has 0 aliphatic carbocycles. The van der Waals surface area contributed by atoms with Crippen LogP contribution in [0.5, 0.6) is 0 Å². The normalized spacial score (nSPS) is 22.5. The van der Waals surface area contributed by atoms with Gasteiger partial charge in [0.05, 0.1) is 17.0 Å². The number of hydrogen-bond donors (Lipinski definition) is 2. The van der Waals surface area contributed by atoms with E-state index in [4.69, 9.17) is 11.6 Å². The highest BCUT2D eigenvalue weighted by Crippen LogP contribution is 2.34. The smallest absolute Gasteiger partial charge is 0.231 e. The summed E-state index contributed by atoms with van der Waals surface area (Å²) in [4.78, 5) is 19.8. The fourth-order valence-electron chi connectivity index (χ4n) is 4.94. The minimum absolute atomic E-state index is 0.0235. The van der Waals surface area contributed by atoms with Gasteiger partial charge < -0.3 is 15.3 Å². The van der Waals surface area contributed by atoms with Gasteiger partial charge in [-0.15, -0.1) is 0 Å². The van der Waals surface area contributed by atoms with Gasteiger partial charge in [-0.05, 0) is 48.2 Å². The van der Waals surface area contributed by atoms with Crippen molar-refractivity contribution in [2.24, 2.45) is 11.3 Å². The SMILES string of the molecule is O=C(N1C[C@@H](Cc2ccnc3ccccc23)[C@H](O)C1)C1(Cc2ccc(Cl)cc2)CNC1. The average Bonchev–Trinajstić information content (AvgIpc) is 3.12. The van der Waals surface area contributed by atoms with E-state index in [1.165, 1.54) is 5.56 Å². The van der Waals surface area contributed by atoms with Crippen LogP contribution in [0.3, 0.4) is 0 Å². The summed E-state index contributed by atoms with van der Waals surface area (Å²) in [5, 5.41) is 15.9. The van der Waals surface area contributed by atoms with Crippen LogP contribution in [0, 0.1) is 11.3 Å². The summed E-state index contributed by atoms with van der Waals surface area (Å²) in [7, 11) is 0. The lowest BCUT2D eigenvalue weighted by Crippen LogP contribution is -2.63. The van der Waals surface area contributed by atoms with Gasteiger partial charge in [-0.2, -0.15) is 0 Å². The van der Waals surface area contributed by atoms with Gasteiger partial charge in [-0.25, -0.2) is 0 Å². The number of para-hydroxylation sites is 1. The first kappa shape index (κ1) is 20.4. The number of β-amino-alcohol motifs (C(OH)–C–C–N with tert-alkyl or cyclic N) is 1. The van der Waals surface area contributed by atoms with Crippen molar-refractivity contribution < 1.29 is 9.90 Å². The third-order valence-electron chi connectivity index (χ3n) is 6.75. The zero-order chi connectivity index (χ0) is 21.4. The highest BCUT2D eigenvalue weighted by atomic mass is 35.5. The number of hydrogen-bond acceptors (Lipinski definition) is 4. The molecule has 0 radical (unpaired) electrons. The average molecular weight is 436 g/mol. The Morgan fingerprint density at radius 1 is 1.13 bits per heavy atom. The Balaban J connectivity index is 1.31. The van der Waals surface area contributed by atoms with E-state index < -0.39 is 11.5 Å². The van der Waals surface area contributed by atoms with Crippen LogP contribution in [0.2, 0.25) is 5.02 Å². The summed E-state index contributed by atoms with van der Waals surface area (Å²) in [6.07, 6.45) is 2.72. The molecule has 0 bridgehead atoms. The van der Waals surface area contributed by atoms with Crippen LogP contribution < -0.4 is 5.32 Å². The number of likely N-dealkylation sites (tertiary alicyclic amines) is 1. The molecule has 1 aromatic heterocycles. The second-order valence-corrected chi connectivity index (χ2v) is 9.35. The van der Waals surface area contributed by atoms with Gasteiger partial charge in [0.25, 0.3) is 0 Å². The predicted molar refractivity (Wildman–Crippen MR) is 122 cm³/mol. The van der Waals surface area contributed by atoms with E-state index in [9.17, 15) is 9.90 Å². The molecule has 2 N–H and O–H groups in total.